The Kier molecular flexibility index (Phi) is 4.25. The van der Waals surface area contributed by atoms with Crippen LogP contribution in [0.1, 0.15) is 51.0 Å². The van der Waals surface area contributed by atoms with Gasteiger partial charge in [0.15, 0.2) is 0 Å². The highest BCUT2D eigenvalue weighted by Gasteiger charge is 2.61. The molecule has 4 saturated carbocycles. The number of benzene rings is 1. The second-order valence-electron chi connectivity index (χ2n) is 8.48. The molecule has 1 aromatic rings. The Morgan fingerprint density at radius 3 is 2.58 bits per heavy atom. The summed E-state index contributed by atoms with van der Waals surface area (Å²) in [5, 5.41) is 3.39. The van der Waals surface area contributed by atoms with E-state index in [-0.39, 0.29) is 34.6 Å². The van der Waals surface area contributed by atoms with E-state index < -0.39 is 11.2 Å². The molecular weight excluding hydrogens is 357 g/mol. The van der Waals surface area contributed by atoms with Crippen molar-refractivity contribution >= 4 is 23.5 Å². The molecular formula is C20H23ClFNO3. The zero-order valence-corrected chi connectivity index (χ0v) is 15.6. The SMILES string of the molecule is CC(=O)NC12C[C@H]3C[C@@H](C1)CC(C(=O)OCc1c(F)cccc1Cl)(C3)C2. The highest BCUT2D eigenvalue weighted by molar-refractivity contribution is 6.31. The first kappa shape index (κ1) is 17.8. The summed E-state index contributed by atoms with van der Waals surface area (Å²) in [6, 6.07) is 4.43. The fourth-order valence-corrected chi connectivity index (χ4v) is 6.20. The Hall–Kier alpha value is -1.62. The average molecular weight is 380 g/mol. The van der Waals surface area contributed by atoms with Gasteiger partial charge in [-0.1, -0.05) is 17.7 Å². The van der Waals surface area contributed by atoms with Crippen LogP contribution in [-0.4, -0.2) is 17.4 Å². The van der Waals surface area contributed by atoms with Gasteiger partial charge in [-0.25, -0.2) is 4.39 Å². The van der Waals surface area contributed by atoms with Crippen LogP contribution in [0.15, 0.2) is 18.2 Å². The number of ether oxygens (including phenoxy) is 1. The van der Waals surface area contributed by atoms with E-state index in [9.17, 15) is 14.0 Å². The number of hydrogen-bond donors (Lipinski definition) is 1. The van der Waals surface area contributed by atoms with Crippen molar-refractivity contribution in [2.24, 2.45) is 17.3 Å². The van der Waals surface area contributed by atoms with Gasteiger partial charge in [-0.15, -0.1) is 0 Å². The summed E-state index contributed by atoms with van der Waals surface area (Å²) in [6.07, 6.45) is 5.23. The average Bonchev–Trinajstić information content (AvgIpc) is 2.51. The predicted octanol–water partition coefficient (Wildman–Crippen LogP) is 4.00. The first-order valence-corrected chi connectivity index (χ1v) is 9.58. The fourth-order valence-electron chi connectivity index (χ4n) is 5.98. The molecule has 0 spiro atoms. The first-order valence-electron chi connectivity index (χ1n) is 9.20. The van der Waals surface area contributed by atoms with Gasteiger partial charge in [0.2, 0.25) is 5.91 Å². The van der Waals surface area contributed by atoms with Crippen molar-refractivity contribution in [2.45, 2.75) is 57.6 Å². The summed E-state index contributed by atoms with van der Waals surface area (Å²) in [6.45, 7) is 1.37. The Balaban J connectivity index is 1.53. The van der Waals surface area contributed by atoms with Gasteiger partial charge in [-0.3, -0.25) is 9.59 Å². The van der Waals surface area contributed by atoms with Crippen molar-refractivity contribution in [3.05, 3.63) is 34.6 Å². The van der Waals surface area contributed by atoms with Crippen LogP contribution in [0.25, 0.3) is 0 Å². The molecule has 0 saturated heterocycles. The number of esters is 1. The Bertz CT molecular complexity index is 731. The van der Waals surface area contributed by atoms with Crippen LogP contribution in [0, 0.1) is 23.1 Å². The molecule has 6 heteroatoms. The molecule has 5 rings (SSSR count). The molecule has 4 atom stereocenters. The first-order chi connectivity index (χ1) is 12.3. The third-order valence-electron chi connectivity index (χ3n) is 6.34. The van der Waals surface area contributed by atoms with Gasteiger partial charge in [0.05, 0.1) is 10.4 Å². The van der Waals surface area contributed by atoms with E-state index in [2.05, 4.69) is 5.32 Å². The summed E-state index contributed by atoms with van der Waals surface area (Å²) in [4.78, 5) is 24.7. The van der Waals surface area contributed by atoms with Gasteiger partial charge >= 0.3 is 5.97 Å². The van der Waals surface area contributed by atoms with E-state index in [0.29, 0.717) is 18.3 Å². The minimum atomic E-state index is -0.565. The van der Waals surface area contributed by atoms with E-state index in [0.717, 1.165) is 32.1 Å². The van der Waals surface area contributed by atoms with Crippen LogP contribution < -0.4 is 5.32 Å². The van der Waals surface area contributed by atoms with E-state index in [1.54, 1.807) is 6.07 Å². The summed E-state index contributed by atoms with van der Waals surface area (Å²) in [7, 11) is 0. The molecule has 1 N–H and O–H groups in total. The van der Waals surface area contributed by atoms with E-state index >= 15 is 0 Å². The summed E-state index contributed by atoms with van der Waals surface area (Å²) >= 11 is 6.03. The molecule has 140 valence electrons. The van der Waals surface area contributed by atoms with Gasteiger partial charge in [0, 0.05) is 18.0 Å². The normalized spacial score (nSPS) is 34.6. The molecule has 4 aliphatic rings. The molecule has 0 aliphatic heterocycles. The number of carbonyl (C=O) groups is 2. The number of amides is 1. The maximum atomic E-state index is 13.9. The lowest BCUT2D eigenvalue weighted by atomic mass is 9.47. The Labute approximate surface area is 157 Å². The standard InChI is InChI=1S/C20H23ClFNO3/c1-12(24)23-20-8-13-5-14(9-20)7-19(6-13,11-20)18(25)26-10-15-16(21)3-2-4-17(15)22/h2-4,13-14H,5-11H2,1H3,(H,23,24)/t13-,14+,19?,20?. The van der Waals surface area contributed by atoms with Crippen LogP contribution in [-0.2, 0) is 20.9 Å². The number of hydrogen-bond acceptors (Lipinski definition) is 3. The molecule has 4 bridgehead atoms. The lowest BCUT2D eigenvalue weighted by Crippen LogP contribution is -2.64. The molecule has 1 aromatic carbocycles. The molecule has 4 fully saturated rings. The maximum Gasteiger partial charge on any atom is 0.312 e. The summed E-state index contributed by atoms with van der Waals surface area (Å²) < 4.78 is 19.5. The molecule has 26 heavy (non-hydrogen) atoms. The van der Waals surface area contributed by atoms with Gasteiger partial charge in [0.25, 0.3) is 0 Å². The molecule has 2 unspecified atom stereocenters. The second kappa shape index (κ2) is 6.22. The van der Waals surface area contributed by atoms with Crippen LogP contribution in [0.3, 0.4) is 0 Å². The largest absolute Gasteiger partial charge is 0.460 e. The summed E-state index contributed by atoms with van der Waals surface area (Å²) in [5.74, 6) is 0.0835. The molecule has 4 aliphatic carbocycles. The predicted molar refractivity (Wildman–Crippen MR) is 94.9 cm³/mol. The van der Waals surface area contributed by atoms with Gasteiger partial charge in [-0.2, -0.15) is 0 Å². The van der Waals surface area contributed by atoms with E-state index in [4.69, 9.17) is 16.3 Å². The van der Waals surface area contributed by atoms with Crippen molar-refractivity contribution in [1.82, 2.24) is 5.32 Å². The molecule has 0 aromatic heterocycles. The summed E-state index contributed by atoms with van der Waals surface area (Å²) in [5.41, 5.74) is -0.640. The fraction of sp³-hybridized carbons (Fsp3) is 0.600. The highest BCUT2D eigenvalue weighted by Crippen LogP contribution is 2.62. The second-order valence-corrected chi connectivity index (χ2v) is 8.89. The number of carbonyl (C=O) groups excluding carboxylic acids is 2. The zero-order chi connectivity index (χ0) is 18.5. The van der Waals surface area contributed by atoms with Gasteiger partial charge < -0.3 is 10.1 Å². The molecule has 1 amide bonds. The van der Waals surface area contributed by atoms with E-state index in [1.165, 1.54) is 19.1 Å². The lowest BCUT2D eigenvalue weighted by Gasteiger charge is -2.60. The van der Waals surface area contributed by atoms with Crippen LogP contribution >= 0.6 is 11.6 Å². The molecule has 0 radical (unpaired) electrons. The zero-order valence-electron chi connectivity index (χ0n) is 14.8. The van der Waals surface area contributed by atoms with Gasteiger partial charge in [-0.05, 0) is 62.5 Å². The maximum absolute atomic E-state index is 13.9. The third kappa shape index (κ3) is 3.00. The van der Waals surface area contributed by atoms with Crippen LogP contribution in [0.5, 0.6) is 0 Å². The highest BCUT2D eigenvalue weighted by atomic mass is 35.5. The number of rotatable bonds is 4. The number of nitrogens with one attached hydrogen (secondary N) is 1. The minimum absolute atomic E-state index is 0.0476. The monoisotopic (exact) mass is 379 g/mol. The van der Waals surface area contributed by atoms with Crippen molar-refractivity contribution in [2.75, 3.05) is 0 Å². The minimum Gasteiger partial charge on any atom is -0.460 e. The van der Waals surface area contributed by atoms with Crippen molar-refractivity contribution in [3.8, 4) is 0 Å². The molecule has 0 heterocycles. The van der Waals surface area contributed by atoms with Crippen molar-refractivity contribution in [3.63, 3.8) is 0 Å². The Morgan fingerprint density at radius 2 is 1.96 bits per heavy atom. The lowest BCUT2D eigenvalue weighted by molar-refractivity contribution is -0.177. The molecule has 4 nitrogen and oxygen atoms in total. The van der Waals surface area contributed by atoms with Crippen molar-refractivity contribution in [1.29, 1.82) is 0 Å². The van der Waals surface area contributed by atoms with Crippen molar-refractivity contribution < 1.29 is 18.7 Å². The third-order valence-corrected chi connectivity index (χ3v) is 6.70. The smallest absolute Gasteiger partial charge is 0.312 e. The van der Waals surface area contributed by atoms with E-state index in [1.807, 2.05) is 0 Å². The van der Waals surface area contributed by atoms with Gasteiger partial charge in [0.1, 0.15) is 12.4 Å². The van der Waals surface area contributed by atoms with Crippen LogP contribution in [0.2, 0.25) is 5.02 Å². The quantitative estimate of drug-likeness (QED) is 0.804. The Morgan fingerprint density at radius 1 is 1.27 bits per heavy atom. The topological polar surface area (TPSA) is 55.4 Å². The van der Waals surface area contributed by atoms with Crippen LogP contribution in [0.4, 0.5) is 4.39 Å². The number of halogens is 2.